The summed E-state index contributed by atoms with van der Waals surface area (Å²) in [6, 6.07) is 7.07. The van der Waals surface area contributed by atoms with Gasteiger partial charge in [0.25, 0.3) is 0 Å². The van der Waals surface area contributed by atoms with Gasteiger partial charge < -0.3 is 9.15 Å². The lowest BCUT2D eigenvalue weighted by atomic mass is 10.2. The molecule has 0 fully saturated rings. The maximum atomic E-state index is 11.2. The van der Waals surface area contributed by atoms with Gasteiger partial charge in [0.2, 0.25) is 0 Å². The van der Waals surface area contributed by atoms with Gasteiger partial charge in [-0.3, -0.25) is 0 Å². The van der Waals surface area contributed by atoms with Gasteiger partial charge in [-0.2, -0.15) is 0 Å². The van der Waals surface area contributed by atoms with Crippen molar-refractivity contribution >= 4 is 22.6 Å². The van der Waals surface area contributed by atoms with Crippen LogP contribution in [0.5, 0.6) is 5.75 Å². The van der Waals surface area contributed by atoms with Crippen LogP contribution >= 0.6 is 11.6 Å². The highest BCUT2D eigenvalue weighted by atomic mass is 35.5. The Morgan fingerprint density at radius 2 is 2.07 bits per heavy atom. The number of fused-ring (bicyclic) bond motifs is 1. The first-order valence-electron chi connectivity index (χ1n) is 3.99. The average molecular weight is 211 g/mol. The van der Waals surface area contributed by atoms with Gasteiger partial charge in [0.05, 0.1) is 12.5 Å². The Morgan fingerprint density at radius 3 is 2.79 bits per heavy atom. The lowest BCUT2D eigenvalue weighted by molar-refractivity contribution is 0.413. The minimum absolute atomic E-state index is 0.0220. The van der Waals surface area contributed by atoms with E-state index in [1.54, 1.807) is 18.2 Å². The van der Waals surface area contributed by atoms with E-state index in [0.29, 0.717) is 16.7 Å². The van der Waals surface area contributed by atoms with Gasteiger partial charge in [-0.15, -0.1) is 0 Å². The molecule has 1 aromatic carbocycles. The Bertz CT molecular complexity index is 530. The molecule has 2 rings (SSSR count). The molecule has 0 aliphatic rings. The molecule has 3 nitrogen and oxygen atoms in total. The van der Waals surface area contributed by atoms with Crippen molar-refractivity contribution in [3.63, 3.8) is 0 Å². The topological polar surface area (TPSA) is 39.4 Å². The number of hydrogen-bond donors (Lipinski definition) is 0. The Kier molecular flexibility index (Phi) is 2.17. The zero-order chi connectivity index (χ0) is 10.1. The number of rotatable bonds is 1. The summed E-state index contributed by atoms with van der Waals surface area (Å²) in [4.78, 5) is 11.2. The minimum atomic E-state index is -0.581. The smallest absolute Gasteiger partial charge is 0.359 e. The van der Waals surface area contributed by atoms with Crippen LogP contribution in [0.1, 0.15) is 0 Å². The number of hydrogen-bond acceptors (Lipinski definition) is 3. The minimum Gasteiger partial charge on any atom is -0.494 e. The van der Waals surface area contributed by atoms with Crippen LogP contribution in [-0.4, -0.2) is 7.11 Å². The second-order valence-electron chi connectivity index (χ2n) is 2.73. The summed E-state index contributed by atoms with van der Waals surface area (Å²) < 4.78 is 10.0. The summed E-state index contributed by atoms with van der Waals surface area (Å²) in [7, 11) is 1.47. The molecule has 0 radical (unpaired) electrons. The Balaban J connectivity index is 2.96. The van der Waals surface area contributed by atoms with Gasteiger partial charge in [0.1, 0.15) is 5.58 Å². The SMILES string of the molecule is COc1c(Cl)c(=O)oc2ccccc12. The van der Waals surface area contributed by atoms with E-state index in [2.05, 4.69) is 0 Å². The van der Waals surface area contributed by atoms with Gasteiger partial charge in [-0.1, -0.05) is 23.7 Å². The maximum Gasteiger partial charge on any atom is 0.359 e. The third-order valence-electron chi connectivity index (χ3n) is 1.92. The first kappa shape index (κ1) is 9.09. The summed E-state index contributed by atoms with van der Waals surface area (Å²) in [5.41, 5.74) is -0.110. The number of ether oxygens (including phenoxy) is 1. The molecule has 0 N–H and O–H groups in total. The van der Waals surface area contributed by atoms with Crippen LogP contribution in [-0.2, 0) is 0 Å². The summed E-state index contributed by atoms with van der Waals surface area (Å²) in [6.07, 6.45) is 0. The number of methoxy groups -OCH3 is 1. The van der Waals surface area contributed by atoms with E-state index in [4.69, 9.17) is 20.8 Å². The highest BCUT2D eigenvalue weighted by Crippen LogP contribution is 2.29. The van der Waals surface area contributed by atoms with Crippen molar-refractivity contribution in [1.29, 1.82) is 0 Å². The van der Waals surface area contributed by atoms with Gasteiger partial charge in [0, 0.05) is 0 Å². The highest BCUT2D eigenvalue weighted by molar-refractivity contribution is 6.32. The Labute approximate surface area is 84.9 Å². The number of halogens is 1. The van der Waals surface area contributed by atoms with Crippen molar-refractivity contribution in [1.82, 2.24) is 0 Å². The van der Waals surface area contributed by atoms with Crippen molar-refractivity contribution in [2.24, 2.45) is 0 Å². The molecule has 0 saturated carbocycles. The molecule has 0 aliphatic carbocycles. The van der Waals surface area contributed by atoms with E-state index in [-0.39, 0.29) is 5.02 Å². The van der Waals surface area contributed by atoms with Crippen LogP contribution in [0, 0.1) is 0 Å². The molecule has 0 bridgehead atoms. The first-order valence-corrected chi connectivity index (χ1v) is 4.37. The summed E-state index contributed by atoms with van der Waals surface area (Å²) in [5, 5.41) is 0.672. The fourth-order valence-electron chi connectivity index (χ4n) is 1.30. The molecular formula is C10H7ClO3. The van der Waals surface area contributed by atoms with E-state index in [9.17, 15) is 4.79 Å². The monoisotopic (exact) mass is 210 g/mol. The molecule has 0 saturated heterocycles. The average Bonchev–Trinajstić information content (AvgIpc) is 2.20. The molecule has 1 aromatic heterocycles. The van der Waals surface area contributed by atoms with Crippen LogP contribution in [0.4, 0.5) is 0 Å². The van der Waals surface area contributed by atoms with Crippen molar-refractivity contribution in [3.05, 3.63) is 39.7 Å². The van der Waals surface area contributed by atoms with Crippen molar-refractivity contribution < 1.29 is 9.15 Å². The molecule has 72 valence electrons. The lowest BCUT2D eigenvalue weighted by Crippen LogP contribution is -2.02. The van der Waals surface area contributed by atoms with Crippen molar-refractivity contribution in [3.8, 4) is 5.75 Å². The zero-order valence-corrected chi connectivity index (χ0v) is 8.17. The third-order valence-corrected chi connectivity index (χ3v) is 2.24. The number of benzene rings is 1. The second kappa shape index (κ2) is 3.35. The van der Waals surface area contributed by atoms with Crippen LogP contribution in [0.2, 0.25) is 5.02 Å². The van der Waals surface area contributed by atoms with E-state index >= 15 is 0 Å². The van der Waals surface area contributed by atoms with Crippen LogP contribution in [0.15, 0.2) is 33.5 Å². The number of para-hydroxylation sites is 1. The van der Waals surface area contributed by atoms with Gasteiger partial charge in [-0.05, 0) is 12.1 Å². The van der Waals surface area contributed by atoms with E-state index in [0.717, 1.165) is 0 Å². The predicted molar refractivity (Wildman–Crippen MR) is 54.0 cm³/mol. The highest BCUT2D eigenvalue weighted by Gasteiger charge is 2.12. The third kappa shape index (κ3) is 1.26. The molecule has 0 unspecified atom stereocenters. The summed E-state index contributed by atoms with van der Waals surface area (Å²) in [6.45, 7) is 0. The zero-order valence-electron chi connectivity index (χ0n) is 7.41. The van der Waals surface area contributed by atoms with Crippen molar-refractivity contribution in [2.75, 3.05) is 7.11 Å². The molecule has 1 heterocycles. The van der Waals surface area contributed by atoms with Gasteiger partial charge in [0.15, 0.2) is 10.8 Å². The fraction of sp³-hybridized carbons (Fsp3) is 0.100. The normalized spacial score (nSPS) is 10.4. The Hall–Kier alpha value is -1.48. The largest absolute Gasteiger partial charge is 0.494 e. The van der Waals surface area contributed by atoms with Crippen LogP contribution in [0.3, 0.4) is 0 Å². The standard InChI is InChI=1S/C10H7ClO3/c1-13-9-6-4-2-3-5-7(6)14-10(12)8(9)11/h2-5H,1H3. The molecule has 0 spiro atoms. The fourth-order valence-corrected chi connectivity index (χ4v) is 1.52. The maximum absolute atomic E-state index is 11.2. The van der Waals surface area contributed by atoms with Gasteiger partial charge >= 0.3 is 5.63 Å². The molecular weight excluding hydrogens is 204 g/mol. The van der Waals surface area contributed by atoms with Gasteiger partial charge in [-0.25, -0.2) is 4.79 Å². The van der Waals surface area contributed by atoms with E-state index in [1.165, 1.54) is 7.11 Å². The second-order valence-corrected chi connectivity index (χ2v) is 3.11. The lowest BCUT2D eigenvalue weighted by Gasteiger charge is -2.04. The quantitative estimate of drug-likeness (QED) is 0.679. The van der Waals surface area contributed by atoms with E-state index < -0.39 is 5.63 Å². The van der Waals surface area contributed by atoms with Crippen LogP contribution < -0.4 is 10.4 Å². The summed E-state index contributed by atoms with van der Waals surface area (Å²) in [5.74, 6) is 0.360. The molecule has 14 heavy (non-hydrogen) atoms. The summed E-state index contributed by atoms with van der Waals surface area (Å²) >= 11 is 5.74. The molecule has 0 amide bonds. The first-order chi connectivity index (χ1) is 6.74. The molecule has 4 heteroatoms. The molecule has 2 aromatic rings. The predicted octanol–water partition coefficient (Wildman–Crippen LogP) is 2.46. The van der Waals surface area contributed by atoms with Crippen molar-refractivity contribution in [2.45, 2.75) is 0 Å². The Morgan fingerprint density at radius 1 is 1.36 bits per heavy atom. The van der Waals surface area contributed by atoms with Crippen LogP contribution in [0.25, 0.3) is 11.0 Å². The van der Waals surface area contributed by atoms with E-state index in [1.807, 2.05) is 6.07 Å². The molecule has 0 aliphatic heterocycles. The molecule has 0 atom stereocenters.